The Labute approximate surface area is 88.9 Å². The molecule has 0 saturated carbocycles. The Hall–Kier alpha value is -1.10. The summed E-state index contributed by atoms with van der Waals surface area (Å²) in [6, 6.07) is 4.86. The highest BCUT2D eigenvalue weighted by Crippen LogP contribution is 2.25. The molecule has 1 aliphatic heterocycles. The zero-order valence-electron chi connectivity index (χ0n) is 7.21. The highest BCUT2D eigenvalue weighted by molar-refractivity contribution is 9.10. The van der Waals surface area contributed by atoms with E-state index in [1.165, 1.54) is 6.07 Å². The molecule has 1 aromatic rings. The summed E-state index contributed by atoms with van der Waals surface area (Å²) >= 11 is 3.08. The summed E-state index contributed by atoms with van der Waals surface area (Å²) in [4.78, 5) is 4.02. The van der Waals surface area contributed by atoms with Gasteiger partial charge in [-0.3, -0.25) is 0 Å². The first kappa shape index (κ1) is 9.45. The largest absolute Gasteiger partial charge is 0.463 e. The van der Waals surface area contributed by atoms with E-state index in [1.807, 2.05) is 0 Å². The van der Waals surface area contributed by atoms with Crippen molar-refractivity contribution in [2.24, 2.45) is 10.7 Å². The third kappa shape index (κ3) is 1.72. The van der Waals surface area contributed by atoms with E-state index in [-0.39, 0.29) is 17.9 Å². The minimum atomic E-state index is -0.303. The standard InChI is InChI=1S/C9H8BrFN2O/c10-6-2-1-5(3-7(6)11)8-4-14-9(12)13-8/h1-3,8H,4H2,(H2,12,13)/t8-/m1/s1. The summed E-state index contributed by atoms with van der Waals surface area (Å²) in [5, 5.41) is 0. The molecule has 0 unspecified atom stereocenters. The Balaban J connectivity index is 2.29. The molecule has 0 bridgehead atoms. The van der Waals surface area contributed by atoms with Gasteiger partial charge in [-0.05, 0) is 33.6 Å². The Morgan fingerprint density at radius 2 is 2.36 bits per heavy atom. The molecule has 14 heavy (non-hydrogen) atoms. The molecule has 5 heteroatoms. The molecule has 74 valence electrons. The van der Waals surface area contributed by atoms with Crippen LogP contribution in [0.4, 0.5) is 4.39 Å². The van der Waals surface area contributed by atoms with Crippen molar-refractivity contribution in [1.29, 1.82) is 0 Å². The SMILES string of the molecule is NC1=N[C@@H](c2ccc(Br)c(F)c2)CO1. The summed E-state index contributed by atoms with van der Waals surface area (Å²) in [6.45, 7) is 0.382. The maximum Gasteiger partial charge on any atom is 0.282 e. The molecule has 1 atom stereocenters. The highest BCUT2D eigenvalue weighted by atomic mass is 79.9. The first-order valence-corrected chi connectivity index (χ1v) is 4.87. The molecule has 0 amide bonds. The van der Waals surface area contributed by atoms with Crippen LogP contribution in [0.2, 0.25) is 0 Å². The molecule has 0 radical (unpaired) electrons. The van der Waals surface area contributed by atoms with Gasteiger partial charge in [0.15, 0.2) is 0 Å². The van der Waals surface area contributed by atoms with Gasteiger partial charge < -0.3 is 10.5 Å². The minimum Gasteiger partial charge on any atom is -0.463 e. The van der Waals surface area contributed by atoms with Crippen molar-refractivity contribution in [3.05, 3.63) is 34.1 Å². The van der Waals surface area contributed by atoms with E-state index in [2.05, 4.69) is 20.9 Å². The van der Waals surface area contributed by atoms with Crippen LogP contribution in [0.25, 0.3) is 0 Å². The van der Waals surface area contributed by atoms with Crippen LogP contribution in [-0.4, -0.2) is 12.6 Å². The van der Waals surface area contributed by atoms with Gasteiger partial charge in [0.05, 0.1) is 4.47 Å². The van der Waals surface area contributed by atoms with Crippen molar-refractivity contribution >= 4 is 22.0 Å². The maximum atomic E-state index is 13.2. The Bertz CT molecular complexity index is 394. The fourth-order valence-electron chi connectivity index (χ4n) is 1.28. The molecule has 2 rings (SSSR count). The minimum absolute atomic E-state index is 0.165. The molecule has 0 fully saturated rings. The third-order valence-electron chi connectivity index (χ3n) is 2.00. The zero-order chi connectivity index (χ0) is 10.1. The molecule has 3 nitrogen and oxygen atoms in total. The van der Waals surface area contributed by atoms with Gasteiger partial charge in [-0.15, -0.1) is 0 Å². The van der Waals surface area contributed by atoms with E-state index < -0.39 is 0 Å². The van der Waals surface area contributed by atoms with E-state index in [9.17, 15) is 4.39 Å². The average Bonchev–Trinajstić information content (AvgIpc) is 2.57. The van der Waals surface area contributed by atoms with Crippen LogP contribution in [0.15, 0.2) is 27.7 Å². The highest BCUT2D eigenvalue weighted by Gasteiger charge is 2.19. The van der Waals surface area contributed by atoms with Crippen molar-refractivity contribution in [2.75, 3.05) is 6.61 Å². The van der Waals surface area contributed by atoms with Crippen LogP contribution >= 0.6 is 15.9 Å². The number of hydrogen-bond acceptors (Lipinski definition) is 3. The number of halogens is 2. The van der Waals surface area contributed by atoms with Crippen molar-refractivity contribution < 1.29 is 9.13 Å². The fraction of sp³-hybridized carbons (Fsp3) is 0.222. The van der Waals surface area contributed by atoms with E-state index >= 15 is 0 Å². The number of ether oxygens (including phenoxy) is 1. The van der Waals surface area contributed by atoms with Gasteiger partial charge in [-0.25, -0.2) is 9.38 Å². The van der Waals surface area contributed by atoms with Gasteiger partial charge in [0, 0.05) is 0 Å². The molecule has 1 aromatic carbocycles. The number of hydrogen-bond donors (Lipinski definition) is 1. The number of nitrogens with zero attached hydrogens (tertiary/aromatic N) is 1. The number of nitrogens with two attached hydrogens (primary N) is 1. The molecular formula is C9H8BrFN2O. The lowest BCUT2D eigenvalue weighted by atomic mass is 10.1. The van der Waals surface area contributed by atoms with Gasteiger partial charge in [-0.2, -0.15) is 0 Å². The molecule has 0 spiro atoms. The number of aliphatic imine (C=N–C) groups is 1. The summed E-state index contributed by atoms with van der Waals surface area (Å²) in [5.74, 6) is -0.303. The van der Waals surface area contributed by atoms with Gasteiger partial charge >= 0.3 is 0 Å². The lowest BCUT2D eigenvalue weighted by Gasteiger charge is -2.05. The second-order valence-electron chi connectivity index (χ2n) is 2.97. The number of benzene rings is 1. The second-order valence-corrected chi connectivity index (χ2v) is 3.82. The Morgan fingerprint density at radius 1 is 1.57 bits per heavy atom. The van der Waals surface area contributed by atoms with E-state index in [4.69, 9.17) is 10.5 Å². The summed E-state index contributed by atoms with van der Waals surface area (Å²) in [6.07, 6.45) is 0. The molecule has 0 aromatic heterocycles. The van der Waals surface area contributed by atoms with Crippen LogP contribution in [0.3, 0.4) is 0 Å². The molecule has 1 aliphatic rings. The predicted molar refractivity (Wildman–Crippen MR) is 54.4 cm³/mol. The summed E-state index contributed by atoms with van der Waals surface area (Å²) < 4.78 is 18.6. The second kappa shape index (κ2) is 3.57. The van der Waals surface area contributed by atoms with Crippen molar-refractivity contribution in [3.8, 4) is 0 Å². The average molecular weight is 259 g/mol. The third-order valence-corrected chi connectivity index (χ3v) is 2.64. The van der Waals surface area contributed by atoms with Crippen LogP contribution in [0, 0.1) is 5.82 Å². The predicted octanol–water partition coefficient (Wildman–Crippen LogP) is 1.97. The fourth-order valence-corrected chi connectivity index (χ4v) is 1.53. The zero-order valence-corrected chi connectivity index (χ0v) is 8.79. The van der Waals surface area contributed by atoms with Gasteiger partial charge in [-0.1, -0.05) is 6.07 Å². The van der Waals surface area contributed by atoms with E-state index in [0.29, 0.717) is 11.1 Å². The normalized spacial score (nSPS) is 20.4. The van der Waals surface area contributed by atoms with Crippen LogP contribution in [-0.2, 0) is 4.74 Å². The van der Waals surface area contributed by atoms with Gasteiger partial charge in [0.25, 0.3) is 6.02 Å². The first-order chi connectivity index (χ1) is 6.66. The summed E-state index contributed by atoms with van der Waals surface area (Å²) in [5.41, 5.74) is 6.12. The number of amidine groups is 1. The lowest BCUT2D eigenvalue weighted by Crippen LogP contribution is -2.10. The van der Waals surface area contributed by atoms with Crippen LogP contribution < -0.4 is 5.73 Å². The van der Waals surface area contributed by atoms with Crippen LogP contribution in [0.1, 0.15) is 11.6 Å². The van der Waals surface area contributed by atoms with Gasteiger partial charge in [0.2, 0.25) is 0 Å². The van der Waals surface area contributed by atoms with Crippen LogP contribution in [0.5, 0.6) is 0 Å². The first-order valence-electron chi connectivity index (χ1n) is 4.08. The van der Waals surface area contributed by atoms with E-state index in [0.717, 1.165) is 5.56 Å². The van der Waals surface area contributed by atoms with Crippen molar-refractivity contribution in [3.63, 3.8) is 0 Å². The topological polar surface area (TPSA) is 47.6 Å². The van der Waals surface area contributed by atoms with Crippen molar-refractivity contribution in [2.45, 2.75) is 6.04 Å². The molecular weight excluding hydrogens is 251 g/mol. The molecule has 2 N–H and O–H groups in total. The lowest BCUT2D eigenvalue weighted by molar-refractivity contribution is 0.315. The molecule has 0 aliphatic carbocycles. The quantitative estimate of drug-likeness (QED) is 0.838. The van der Waals surface area contributed by atoms with Gasteiger partial charge in [0.1, 0.15) is 18.5 Å². The maximum absolute atomic E-state index is 13.2. The smallest absolute Gasteiger partial charge is 0.282 e. The Morgan fingerprint density at radius 3 is 2.93 bits per heavy atom. The molecule has 0 saturated heterocycles. The van der Waals surface area contributed by atoms with E-state index in [1.54, 1.807) is 12.1 Å². The van der Waals surface area contributed by atoms with Crippen molar-refractivity contribution in [1.82, 2.24) is 0 Å². The molecule has 1 heterocycles. The number of rotatable bonds is 1. The summed E-state index contributed by atoms with van der Waals surface area (Å²) in [7, 11) is 0. The Kier molecular flexibility index (Phi) is 2.41. The monoisotopic (exact) mass is 258 g/mol.